The molecule has 0 spiro atoms. The number of hydrogen-bond acceptors (Lipinski definition) is 2. The van der Waals surface area contributed by atoms with Crippen LogP contribution >= 0.6 is 0 Å². The summed E-state index contributed by atoms with van der Waals surface area (Å²) in [6, 6.07) is 9.71. The zero-order chi connectivity index (χ0) is 18.6. The molecule has 2 aromatic carbocycles. The lowest BCUT2D eigenvalue weighted by Crippen LogP contribution is -2.41. The Balaban J connectivity index is 1.99. The van der Waals surface area contributed by atoms with Gasteiger partial charge in [-0.25, -0.2) is 8.78 Å². The second kappa shape index (κ2) is 7.42. The molecule has 2 rings (SSSR count). The number of halogens is 2. The van der Waals surface area contributed by atoms with Gasteiger partial charge in [0.05, 0.1) is 6.42 Å². The molecule has 0 unspecified atom stereocenters. The molecule has 0 aliphatic rings. The highest BCUT2D eigenvalue weighted by Gasteiger charge is 2.14. The molecule has 2 N–H and O–H groups in total. The minimum Gasteiger partial charge on any atom is -0.351 e. The van der Waals surface area contributed by atoms with Crippen molar-refractivity contribution < 1.29 is 18.4 Å². The van der Waals surface area contributed by atoms with Gasteiger partial charge < -0.3 is 10.6 Å². The topological polar surface area (TPSA) is 58.2 Å². The Hall–Kier alpha value is -2.76. The first-order valence-corrected chi connectivity index (χ1v) is 7.80. The molecule has 4 nitrogen and oxygen atoms in total. The van der Waals surface area contributed by atoms with Crippen LogP contribution in [0.25, 0.3) is 0 Å². The summed E-state index contributed by atoms with van der Waals surface area (Å²) in [6.07, 6.45) is 0.231. The molecular weight excluding hydrogens is 326 g/mol. The van der Waals surface area contributed by atoms with Crippen molar-refractivity contribution in [2.24, 2.45) is 0 Å². The van der Waals surface area contributed by atoms with Gasteiger partial charge in [-0.2, -0.15) is 0 Å². The summed E-state index contributed by atoms with van der Waals surface area (Å²) in [5, 5.41) is 5.47. The Bertz CT molecular complexity index is 781. The van der Waals surface area contributed by atoms with Crippen molar-refractivity contribution in [3.8, 4) is 0 Å². The third-order valence-corrected chi connectivity index (χ3v) is 3.27. The van der Waals surface area contributed by atoms with Crippen molar-refractivity contribution >= 4 is 17.5 Å². The maximum Gasteiger partial charge on any atom is 0.255 e. The van der Waals surface area contributed by atoms with Crippen molar-refractivity contribution in [3.63, 3.8) is 0 Å². The van der Waals surface area contributed by atoms with Gasteiger partial charge in [-0.15, -0.1) is 0 Å². The highest BCUT2D eigenvalue weighted by Crippen LogP contribution is 2.14. The first-order valence-electron chi connectivity index (χ1n) is 7.80. The molecule has 132 valence electrons. The third kappa shape index (κ3) is 5.67. The van der Waals surface area contributed by atoms with Crippen LogP contribution < -0.4 is 10.6 Å². The van der Waals surface area contributed by atoms with Gasteiger partial charge in [0.2, 0.25) is 5.91 Å². The van der Waals surface area contributed by atoms with Crippen LogP contribution in [0, 0.1) is 11.6 Å². The smallest absolute Gasteiger partial charge is 0.255 e. The molecule has 0 saturated carbocycles. The molecule has 0 aliphatic heterocycles. The predicted molar refractivity (Wildman–Crippen MR) is 92.4 cm³/mol. The first-order chi connectivity index (χ1) is 11.6. The summed E-state index contributed by atoms with van der Waals surface area (Å²) in [4.78, 5) is 23.9. The summed E-state index contributed by atoms with van der Waals surface area (Å²) in [5.41, 5.74) is 1.02. The average molecular weight is 346 g/mol. The van der Waals surface area contributed by atoms with E-state index in [-0.39, 0.29) is 23.4 Å². The molecule has 0 radical (unpaired) electrons. The van der Waals surface area contributed by atoms with Crippen molar-refractivity contribution in [1.82, 2.24) is 5.32 Å². The number of hydrogen-bond donors (Lipinski definition) is 2. The lowest BCUT2D eigenvalue weighted by molar-refractivity contribution is -0.121. The normalized spacial score (nSPS) is 11.1. The van der Waals surface area contributed by atoms with E-state index in [1.807, 2.05) is 20.8 Å². The van der Waals surface area contributed by atoms with E-state index in [4.69, 9.17) is 0 Å². The summed E-state index contributed by atoms with van der Waals surface area (Å²) in [6.45, 7) is 5.71. The monoisotopic (exact) mass is 346 g/mol. The van der Waals surface area contributed by atoms with Crippen molar-refractivity contribution in [2.45, 2.75) is 32.7 Å². The highest BCUT2D eigenvalue weighted by molar-refractivity contribution is 6.04. The zero-order valence-electron chi connectivity index (χ0n) is 14.3. The van der Waals surface area contributed by atoms with E-state index in [2.05, 4.69) is 10.6 Å². The van der Waals surface area contributed by atoms with Crippen LogP contribution in [0.5, 0.6) is 0 Å². The SMILES string of the molecule is CC(C)(C)NC(=O)Cc1ccc(NC(=O)c2ccc(F)c(F)c2)cc1. The molecule has 2 aromatic rings. The molecule has 0 aromatic heterocycles. The van der Waals surface area contributed by atoms with Gasteiger partial charge in [-0.05, 0) is 56.7 Å². The van der Waals surface area contributed by atoms with Crippen molar-refractivity contribution in [1.29, 1.82) is 0 Å². The van der Waals surface area contributed by atoms with E-state index in [1.54, 1.807) is 24.3 Å². The van der Waals surface area contributed by atoms with Gasteiger partial charge in [0.25, 0.3) is 5.91 Å². The Labute approximate surface area is 145 Å². The summed E-state index contributed by atoms with van der Waals surface area (Å²) in [7, 11) is 0. The first kappa shape index (κ1) is 18.6. The molecule has 6 heteroatoms. The van der Waals surface area contributed by atoms with Crippen LogP contribution in [0.2, 0.25) is 0 Å². The fraction of sp³-hybridized carbons (Fsp3) is 0.263. The van der Waals surface area contributed by atoms with Gasteiger partial charge in [0, 0.05) is 16.8 Å². The number of carbonyl (C=O) groups is 2. The number of nitrogens with one attached hydrogen (secondary N) is 2. The Morgan fingerprint density at radius 1 is 0.960 bits per heavy atom. The quantitative estimate of drug-likeness (QED) is 0.887. The molecule has 0 saturated heterocycles. The highest BCUT2D eigenvalue weighted by atomic mass is 19.2. The van der Waals surface area contributed by atoms with Crippen LogP contribution in [0.4, 0.5) is 14.5 Å². The second-order valence-electron chi connectivity index (χ2n) is 6.75. The lowest BCUT2D eigenvalue weighted by Gasteiger charge is -2.20. The molecule has 0 aliphatic carbocycles. The minimum absolute atomic E-state index is 0.0209. The fourth-order valence-electron chi connectivity index (χ4n) is 2.19. The van der Waals surface area contributed by atoms with Gasteiger partial charge in [-0.1, -0.05) is 12.1 Å². The van der Waals surface area contributed by atoms with Crippen LogP contribution in [0.3, 0.4) is 0 Å². The molecule has 0 fully saturated rings. The van der Waals surface area contributed by atoms with E-state index in [9.17, 15) is 18.4 Å². The number of anilines is 1. The molecule has 0 atom stereocenters. The lowest BCUT2D eigenvalue weighted by atomic mass is 10.1. The minimum atomic E-state index is -1.08. The summed E-state index contributed by atoms with van der Waals surface area (Å²) < 4.78 is 26.1. The van der Waals surface area contributed by atoms with Crippen LogP contribution in [0.1, 0.15) is 36.7 Å². The molecular formula is C19H20F2N2O2. The maximum atomic E-state index is 13.2. The van der Waals surface area contributed by atoms with Crippen LogP contribution in [-0.4, -0.2) is 17.4 Å². The third-order valence-electron chi connectivity index (χ3n) is 3.27. The average Bonchev–Trinajstić information content (AvgIpc) is 2.50. The molecule has 2 amide bonds. The van der Waals surface area contributed by atoms with E-state index in [0.29, 0.717) is 5.69 Å². The molecule has 25 heavy (non-hydrogen) atoms. The Morgan fingerprint density at radius 3 is 2.16 bits per heavy atom. The summed E-state index contributed by atoms with van der Waals surface area (Å²) in [5.74, 6) is -2.72. The largest absolute Gasteiger partial charge is 0.351 e. The second-order valence-corrected chi connectivity index (χ2v) is 6.75. The van der Waals surface area contributed by atoms with Crippen molar-refractivity contribution in [2.75, 3.05) is 5.32 Å². The number of benzene rings is 2. The van der Waals surface area contributed by atoms with Crippen LogP contribution in [0.15, 0.2) is 42.5 Å². The fourth-order valence-corrected chi connectivity index (χ4v) is 2.19. The van der Waals surface area contributed by atoms with Crippen LogP contribution in [-0.2, 0) is 11.2 Å². The molecule has 0 bridgehead atoms. The zero-order valence-corrected chi connectivity index (χ0v) is 14.3. The van der Waals surface area contributed by atoms with Gasteiger partial charge in [-0.3, -0.25) is 9.59 Å². The number of carbonyl (C=O) groups excluding carboxylic acids is 2. The number of rotatable bonds is 4. The van der Waals surface area contributed by atoms with E-state index < -0.39 is 17.5 Å². The molecule has 0 heterocycles. The van der Waals surface area contributed by atoms with Gasteiger partial charge >= 0.3 is 0 Å². The van der Waals surface area contributed by atoms with Gasteiger partial charge in [0.15, 0.2) is 11.6 Å². The van der Waals surface area contributed by atoms with E-state index in [0.717, 1.165) is 17.7 Å². The van der Waals surface area contributed by atoms with E-state index in [1.165, 1.54) is 6.07 Å². The van der Waals surface area contributed by atoms with Gasteiger partial charge in [0.1, 0.15) is 0 Å². The predicted octanol–water partition coefficient (Wildman–Crippen LogP) is 3.67. The maximum absolute atomic E-state index is 13.2. The van der Waals surface area contributed by atoms with E-state index >= 15 is 0 Å². The number of amides is 2. The van der Waals surface area contributed by atoms with Crippen molar-refractivity contribution in [3.05, 3.63) is 65.2 Å². The standard InChI is InChI=1S/C19H20F2N2O2/c1-19(2,3)23-17(24)10-12-4-7-14(8-5-12)22-18(25)13-6-9-15(20)16(21)11-13/h4-9,11H,10H2,1-3H3,(H,22,25)(H,23,24). The summed E-state index contributed by atoms with van der Waals surface area (Å²) >= 11 is 0. The Morgan fingerprint density at radius 2 is 1.60 bits per heavy atom. The Kier molecular flexibility index (Phi) is 5.51.